The maximum Gasteiger partial charge on any atom is 0.274 e. The highest BCUT2D eigenvalue weighted by molar-refractivity contribution is 5.92. The number of likely N-dealkylation sites (tertiary alicyclic amines) is 1. The Morgan fingerprint density at radius 3 is 2.75 bits per heavy atom. The van der Waals surface area contributed by atoms with E-state index in [0.29, 0.717) is 25.2 Å². The Hall–Kier alpha value is -2.14. The molecule has 5 nitrogen and oxygen atoms in total. The van der Waals surface area contributed by atoms with Crippen LogP contribution in [0.15, 0.2) is 36.4 Å². The van der Waals surface area contributed by atoms with Crippen LogP contribution in [0, 0.1) is 6.92 Å². The predicted octanol–water partition coefficient (Wildman–Crippen LogP) is 1.39. The van der Waals surface area contributed by atoms with Crippen LogP contribution in [0.3, 0.4) is 0 Å². The molecule has 2 heterocycles. The van der Waals surface area contributed by atoms with Crippen LogP contribution in [0.4, 0.5) is 0 Å². The molecule has 3 rings (SSSR count). The van der Waals surface area contributed by atoms with Crippen molar-refractivity contribution in [2.24, 2.45) is 0 Å². The largest absolute Gasteiger partial charge is 0.391 e. The minimum atomic E-state index is -0.406. The normalized spacial score (nSPS) is 18.5. The Morgan fingerprint density at radius 1 is 1.35 bits per heavy atom. The highest BCUT2D eigenvalue weighted by Gasteiger charge is 2.27. The van der Waals surface area contributed by atoms with Crippen LogP contribution in [0.25, 0.3) is 5.69 Å². The molecule has 1 amide bonds. The monoisotopic (exact) mass is 271 g/mol. The third-order valence-electron chi connectivity index (χ3n) is 3.56. The third kappa shape index (κ3) is 2.32. The fourth-order valence-electron chi connectivity index (χ4n) is 2.50. The Morgan fingerprint density at radius 2 is 2.10 bits per heavy atom. The number of aliphatic hydroxyl groups is 1. The van der Waals surface area contributed by atoms with E-state index in [-0.39, 0.29) is 5.91 Å². The summed E-state index contributed by atoms with van der Waals surface area (Å²) in [6.45, 7) is 2.92. The van der Waals surface area contributed by atoms with Crippen LogP contribution in [-0.2, 0) is 0 Å². The van der Waals surface area contributed by atoms with Crippen LogP contribution in [0.5, 0.6) is 0 Å². The second-order valence-corrected chi connectivity index (χ2v) is 5.11. The minimum Gasteiger partial charge on any atom is -0.391 e. The summed E-state index contributed by atoms with van der Waals surface area (Å²) in [5.41, 5.74) is 2.28. The van der Waals surface area contributed by atoms with Crippen molar-refractivity contribution in [3.05, 3.63) is 47.8 Å². The van der Waals surface area contributed by atoms with Crippen molar-refractivity contribution in [2.75, 3.05) is 13.1 Å². The number of para-hydroxylation sites is 1. The second-order valence-electron chi connectivity index (χ2n) is 5.11. The van der Waals surface area contributed by atoms with E-state index < -0.39 is 6.10 Å². The molecule has 20 heavy (non-hydrogen) atoms. The average Bonchev–Trinajstić information content (AvgIpc) is 3.05. The quantitative estimate of drug-likeness (QED) is 0.898. The van der Waals surface area contributed by atoms with Gasteiger partial charge in [-0.05, 0) is 31.5 Å². The highest BCUT2D eigenvalue weighted by Crippen LogP contribution is 2.16. The van der Waals surface area contributed by atoms with E-state index in [1.165, 1.54) is 0 Å². The number of aromatic nitrogens is 2. The molecule has 2 aromatic rings. The lowest BCUT2D eigenvalue weighted by molar-refractivity contribution is 0.0759. The van der Waals surface area contributed by atoms with Gasteiger partial charge in [0.2, 0.25) is 0 Å². The van der Waals surface area contributed by atoms with Gasteiger partial charge in [-0.25, -0.2) is 4.68 Å². The van der Waals surface area contributed by atoms with E-state index >= 15 is 0 Å². The van der Waals surface area contributed by atoms with Crippen molar-refractivity contribution < 1.29 is 9.90 Å². The topological polar surface area (TPSA) is 58.4 Å². The minimum absolute atomic E-state index is 0.112. The van der Waals surface area contributed by atoms with Crippen LogP contribution in [0.2, 0.25) is 0 Å². The maximum atomic E-state index is 12.3. The number of aliphatic hydroxyl groups excluding tert-OH is 1. The summed E-state index contributed by atoms with van der Waals surface area (Å²) in [5, 5.41) is 13.9. The molecule has 1 aromatic heterocycles. The van der Waals surface area contributed by atoms with Gasteiger partial charge in [0, 0.05) is 18.8 Å². The van der Waals surface area contributed by atoms with Gasteiger partial charge in [0.15, 0.2) is 5.69 Å². The summed E-state index contributed by atoms with van der Waals surface area (Å²) < 4.78 is 1.76. The molecule has 0 radical (unpaired) electrons. The summed E-state index contributed by atoms with van der Waals surface area (Å²) in [6, 6.07) is 11.5. The van der Waals surface area contributed by atoms with Gasteiger partial charge in [0.25, 0.3) is 5.91 Å². The summed E-state index contributed by atoms with van der Waals surface area (Å²) in [4.78, 5) is 14.0. The number of rotatable bonds is 2. The molecule has 0 saturated carbocycles. The Kier molecular flexibility index (Phi) is 3.28. The molecule has 0 unspecified atom stereocenters. The van der Waals surface area contributed by atoms with Gasteiger partial charge in [0.05, 0.1) is 11.8 Å². The number of amides is 1. The van der Waals surface area contributed by atoms with Crippen molar-refractivity contribution in [1.82, 2.24) is 14.7 Å². The first-order valence-electron chi connectivity index (χ1n) is 6.74. The van der Waals surface area contributed by atoms with Crippen LogP contribution >= 0.6 is 0 Å². The van der Waals surface area contributed by atoms with Gasteiger partial charge >= 0.3 is 0 Å². The zero-order chi connectivity index (χ0) is 14.1. The van der Waals surface area contributed by atoms with Gasteiger partial charge in [-0.2, -0.15) is 5.10 Å². The van der Waals surface area contributed by atoms with Crippen molar-refractivity contribution >= 4 is 5.91 Å². The smallest absolute Gasteiger partial charge is 0.274 e. The fraction of sp³-hybridized carbons (Fsp3) is 0.333. The Bertz CT molecular complexity index is 621. The van der Waals surface area contributed by atoms with E-state index in [4.69, 9.17) is 0 Å². The zero-order valence-corrected chi connectivity index (χ0v) is 11.4. The van der Waals surface area contributed by atoms with Crippen LogP contribution in [0.1, 0.15) is 22.6 Å². The van der Waals surface area contributed by atoms with Crippen molar-refractivity contribution in [3.63, 3.8) is 0 Å². The number of hydrogen-bond acceptors (Lipinski definition) is 3. The molecule has 0 aliphatic carbocycles. The van der Waals surface area contributed by atoms with Crippen molar-refractivity contribution in [1.29, 1.82) is 0 Å². The van der Waals surface area contributed by atoms with Gasteiger partial charge in [-0.15, -0.1) is 0 Å². The zero-order valence-electron chi connectivity index (χ0n) is 11.4. The van der Waals surface area contributed by atoms with Crippen LogP contribution in [-0.4, -0.2) is 44.9 Å². The number of nitrogens with zero attached hydrogens (tertiary/aromatic N) is 3. The van der Waals surface area contributed by atoms with Gasteiger partial charge in [-0.3, -0.25) is 4.79 Å². The number of β-amino-alcohol motifs (C(OH)–C–C–N with tert-alkyl or cyclic N) is 1. The fourth-order valence-corrected chi connectivity index (χ4v) is 2.50. The van der Waals surface area contributed by atoms with Crippen LogP contribution < -0.4 is 0 Å². The molecule has 1 aliphatic rings. The molecule has 0 spiro atoms. The molecule has 1 aliphatic heterocycles. The molecule has 5 heteroatoms. The molecule has 1 aromatic carbocycles. The van der Waals surface area contributed by atoms with Crippen molar-refractivity contribution in [3.8, 4) is 5.69 Å². The second kappa shape index (κ2) is 5.09. The number of carbonyl (C=O) groups excluding carboxylic acids is 1. The van der Waals surface area contributed by atoms with E-state index in [9.17, 15) is 9.90 Å². The van der Waals surface area contributed by atoms with Gasteiger partial charge in [0.1, 0.15) is 0 Å². The first-order valence-corrected chi connectivity index (χ1v) is 6.74. The number of benzene rings is 1. The standard InChI is InChI=1S/C15H17N3O2/c1-11-9-14(15(20)17-8-7-13(19)10-17)16-18(11)12-5-3-2-4-6-12/h2-6,9,13,19H,7-8,10H2,1H3/t13-/m0/s1. The lowest BCUT2D eigenvalue weighted by Crippen LogP contribution is -2.29. The predicted molar refractivity (Wildman–Crippen MR) is 74.8 cm³/mol. The Balaban J connectivity index is 1.87. The SMILES string of the molecule is Cc1cc(C(=O)N2CC[C@H](O)C2)nn1-c1ccccc1. The first kappa shape index (κ1) is 12.9. The summed E-state index contributed by atoms with van der Waals surface area (Å²) in [7, 11) is 0. The summed E-state index contributed by atoms with van der Waals surface area (Å²) in [6.07, 6.45) is 0.237. The van der Waals surface area contributed by atoms with Gasteiger partial charge in [-0.1, -0.05) is 18.2 Å². The molecule has 1 fully saturated rings. The number of aryl methyl sites for hydroxylation is 1. The molecular weight excluding hydrogens is 254 g/mol. The molecule has 0 bridgehead atoms. The molecular formula is C15H17N3O2. The van der Waals surface area contributed by atoms with Crippen molar-refractivity contribution in [2.45, 2.75) is 19.4 Å². The molecule has 1 N–H and O–H groups in total. The van der Waals surface area contributed by atoms with Gasteiger partial charge < -0.3 is 10.0 Å². The molecule has 104 valence electrons. The number of hydrogen-bond donors (Lipinski definition) is 1. The summed E-state index contributed by atoms with van der Waals surface area (Å²) in [5.74, 6) is -0.112. The summed E-state index contributed by atoms with van der Waals surface area (Å²) >= 11 is 0. The lowest BCUT2D eigenvalue weighted by Gasteiger charge is -2.13. The van der Waals surface area contributed by atoms with E-state index in [0.717, 1.165) is 11.4 Å². The molecule has 1 atom stereocenters. The first-order chi connectivity index (χ1) is 9.65. The maximum absolute atomic E-state index is 12.3. The Labute approximate surface area is 117 Å². The average molecular weight is 271 g/mol. The van der Waals surface area contributed by atoms with E-state index in [1.807, 2.05) is 37.3 Å². The van der Waals surface area contributed by atoms with E-state index in [1.54, 1.807) is 15.6 Å². The lowest BCUT2D eigenvalue weighted by atomic mass is 10.3. The highest BCUT2D eigenvalue weighted by atomic mass is 16.3. The van der Waals surface area contributed by atoms with E-state index in [2.05, 4.69) is 5.10 Å². The molecule has 1 saturated heterocycles. The number of carbonyl (C=O) groups is 1. The third-order valence-corrected chi connectivity index (χ3v) is 3.56.